The van der Waals surface area contributed by atoms with Crippen LogP contribution < -0.4 is 21.7 Å². The van der Waals surface area contributed by atoms with E-state index in [1.165, 1.54) is 18.9 Å². The molecular weight excluding hydrogens is 632 g/mol. The van der Waals surface area contributed by atoms with Crippen molar-refractivity contribution in [3.8, 4) is 11.5 Å². The molecule has 10 nitrogen and oxygen atoms in total. The van der Waals surface area contributed by atoms with Gasteiger partial charge in [-0.05, 0) is 68.2 Å². The molecule has 2 rings (SSSR count). The van der Waals surface area contributed by atoms with E-state index in [1.807, 2.05) is 12.1 Å². The molecule has 1 atom stereocenters. The zero-order valence-corrected chi connectivity index (χ0v) is 30.7. The van der Waals surface area contributed by atoms with E-state index in [1.54, 1.807) is 18.2 Å². The largest absolute Gasteiger partial charge is 0.507 e. The molecule has 10 heteroatoms. The van der Waals surface area contributed by atoms with Crippen LogP contribution in [0.3, 0.4) is 0 Å². The standard InChI is InChI=1S/C40H62N4O6/c1-4-7-10-12-15-21-30-25-19-27-33(36(30)46)39(49)43-41-35(45)29-18-17-24-32(23-14-9-6-3)38(48)42-44-40(50)34-28-20-26-31(37(34)47)22-16-13-11-8-5-2/h19-20,25-28,32,46-47H,4-18,21-24,29H2,1-3H3,(H,41,45)(H,42,48)(H,43,49)(H,44,50). The van der Waals surface area contributed by atoms with Crippen LogP contribution >= 0.6 is 0 Å². The van der Waals surface area contributed by atoms with Gasteiger partial charge in [-0.25, -0.2) is 0 Å². The second-order valence-corrected chi connectivity index (χ2v) is 13.3. The molecule has 0 aromatic heterocycles. The van der Waals surface area contributed by atoms with Crippen LogP contribution in [0.5, 0.6) is 11.5 Å². The Morgan fingerprint density at radius 2 is 0.980 bits per heavy atom. The molecule has 4 amide bonds. The van der Waals surface area contributed by atoms with E-state index in [4.69, 9.17) is 0 Å². The number of amides is 4. The number of phenolic OH excluding ortho intramolecular Hbond substituents is 2. The molecule has 6 N–H and O–H groups in total. The molecule has 0 spiro atoms. The van der Waals surface area contributed by atoms with E-state index in [0.29, 0.717) is 44.1 Å². The van der Waals surface area contributed by atoms with Crippen molar-refractivity contribution in [3.05, 3.63) is 58.7 Å². The Balaban J connectivity index is 1.81. The number of carbonyl (C=O) groups excluding carboxylic acids is 4. The molecule has 0 saturated carbocycles. The van der Waals surface area contributed by atoms with Gasteiger partial charge in [0.05, 0.1) is 11.1 Å². The van der Waals surface area contributed by atoms with Crippen LogP contribution in [0.25, 0.3) is 0 Å². The van der Waals surface area contributed by atoms with Crippen molar-refractivity contribution in [1.82, 2.24) is 21.7 Å². The third kappa shape index (κ3) is 15.6. The first-order valence-electron chi connectivity index (χ1n) is 19.0. The van der Waals surface area contributed by atoms with Gasteiger partial charge >= 0.3 is 0 Å². The molecule has 278 valence electrons. The number of unbranched alkanes of at least 4 members (excludes halogenated alkanes) is 11. The van der Waals surface area contributed by atoms with Crippen LogP contribution in [-0.2, 0) is 22.4 Å². The number of phenols is 2. The highest BCUT2D eigenvalue weighted by Crippen LogP contribution is 2.26. The topological polar surface area (TPSA) is 157 Å². The van der Waals surface area contributed by atoms with Crippen molar-refractivity contribution in [2.45, 2.75) is 149 Å². The third-order valence-corrected chi connectivity index (χ3v) is 9.18. The number of aromatic hydroxyl groups is 2. The van der Waals surface area contributed by atoms with Gasteiger partial charge in [0.2, 0.25) is 11.8 Å². The molecule has 0 fully saturated rings. The summed E-state index contributed by atoms with van der Waals surface area (Å²) in [5, 5.41) is 21.4. The van der Waals surface area contributed by atoms with Crippen LogP contribution in [0, 0.1) is 5.92 Å². The summed E-state index contributed by atoms with van der Waals surface area (Å²) in [7, 11) is 0. The van der Waals surface area contributed by atoms with Crippen molar-refractivity contribution in [2.75, 3.05) is 0 Å². The first-order chi connectivity index (χ1) is 24.2. The van der Waals surface area contributed by atoms with Crippen molar-refractivity contribution in [1.29, 1.82) is 0 Å². The quantitative estimate of drug-likeness (QED) is 0.0482. The normalized spacial score (nSPS) is 11.5. The summed E-state index contributed by atoms with van der Waals surface area (Å²) in [4.78, 5) is 51.2. The second kappa shape index (κ2) is 25.0. The van der Waals surface area contributed by atoms with Gasteiger partial charge in [0.15, 0.2) is 0 Å². The Labute approximate surface area is 299 Å². The molecular formula is C40H62N4O6. The van der Waals surface area contributed by atoms with Crippen LogP contribution in [0.15, 0.2) is 36.4 Å². The first kappa shape index (κ1) is 42.1. The number of hydrazine groups is 2. The predicted molar refractivity (Wildman–Crippen MR) is 198 cm³/mol. The lowest BCUT2D eigenvalue weighted by Crippen LogP contribution is -2.44. The van der Waals surface area contributed by atoms with E-state index >= 15 is 0 Å². The molecule has 0 heterocycles. The molecule has 0 aliphatic carbocycles. The predicted octanol–water partition coefficient (Wildman–Crippen LogP) is 8.10. The fourth-order valence-corrected chi connectivity index (χ4v) is 6.06. The number of hydrogen-bond acceptors (Lipinski definition) is 6. The number of hydrogen-bond donors (Lipinski definition) is 6. The van der Waals surface area contributed by atoms with E-state index in [2.05, 4.69) is 42.5 Å². The highest BCUT2D eigenvalue weighted by molar-refractivity contribution is 5.99. The molecule has 0 aliphatic rings. The molecule has 0 bridgehead atoms. The summed E-state index contributed by atoms with van der Waals surface area (Å²) in [6, 6.07) is 10.2. The molecule has 1 unspecified atom stereocenters. The highest BCUT2D eigenvalue weighted by Gasteiger charge is 2.21. The molecule has 50 heavy (non-hydrogen) atoms. The van der Waals surface area contributed by atoms with Crippen molar-refractivity contribution in [2.24, 2.45) is 5.92 Å². The number of rotatable bonds is 24. The van der Waals surface area contributed by atoms with Crippen LogP contribution in [-0.4, -0.2) is 33.8 Å². The van der Waals surface area contributed by atoms with Crippen LogP contribution in [0.4, 0.5) is 0 Å². The van der Waals surface area contributed by atoms with Gasteiger partial charge in [0, 0.05) is 12.3 Å². The maximum atomic E-state index is 13.1. The van der Waals surface area contributed by atoms with Gasteiger partial charge < -0.3 is 10.2 Å². The van der Waals surface area contributed by atoms with Crippen molar-refractivity contribution < 1.29 is 29.4 Å². The average molecular weight is 695 g/mol. The van der Waals surface area contributed by atoms with E-state index in [0.717, 1.165) is 76.2 Å². The van der Waals surface area contributed by atoms with E-state index in [9.17, 15) is 29.4 Å². The lowest BCUT2D eigenvalue weighted by atomic mass is 9.94. The molecule has 0 aliphatic heterocycles. The van der Waals surface area contributed by atoms with Crippen LogP contribution in [0.2, 0.25) is 0 Å². The summed E-state index contributed by atoms with van der Waals surface area (Å²) in [6.45, 7) is 6.42. The molecule has 0 saturated heterocycles. The number of benzene rings is 2. The lowest BCUT2D eigenvalue weighted by molar-refractivity contribution is -0.126. The maximum absolute atomic E-state index is 13.1. The first-order valence-corrected chi connectivity index (χ1v) is 19.0. The van der Waals surface area contributed by atoms with E-state index < -0.39 is 11.8 Å². The smallest absolute Gasteiger partial charge is 0.273 e. The Bertz CT molecular complexity index is 1330. The zero-order valence-electron chi connectivity index (χ0n) is 30.7. The number of nitrogens with one attached hydrogen (secondary N) is 4. The minimum atomic E-state index is -0.583. The van der Waals surface area contributed by atoms with Gasteiger partial charge in [-0.1, -0.05) is 122 Å². The van der Waals surface area contributed by atoms with E-state index in [-0.39, 0.29) is 46.8 Å². The summed E-state index contributed by atoms with van der Waals surface area (Å²) >= 11 is 0. The monoisotopic (exact) mass is 694 g/mol. The zero-order chi connectivity index (χ0) is 36.6. The number of carbonyl (C=O) groups is 4. The van der Waals surface area contributed by atoms with Gasteiger partial charge in [0.1, 0.15) is 11.5 Å². The van der Waals surface area contributed by atoms with Crippen LogP contribution in [0.1, 0.15) is 168 Å². The molecule has 0 radical (unpaired) electrons. The Morgan fingerprint density at radius 3 is 1.48 bits per heavy atom. The second-order valence-electron chi connectivity index (χ2n) is 13.3. The highest BCUT2D eigenvalue weighted by atomic mass is 16.3. The lowest BCUT2D eigenvalue weighted by Gasteiger charge is -2.18. The summed E-state index contributed by atoms with van der Waals surface area (Å²) in [5.41, 5.74) is 11.5. The SMILES string of the molecule is CCCCCCCc1cccc(C(=O)NNC(=O)CCCCC(CCCCC)C(=O)NNC(=O)c2cccc(CCCCCCC)c2O)c1O. The maximum Gasteiger partial charge on any atom is 0.273 e. The summed E-state index contributed by atoms with van der Waals surface area (Å²) in [6.07, 6.45) is 17.6. The average Bonchev–Trinajstić information content (AvgIpc) is 3.11. The van der Waals surface area contributed by atoms with Crippen molar-refractivity contribution >= 4 is 23.6 Å². The Kier molecular flexibility index (Phi) is 21.0. The van der Waals surface area contributed by atoms with Gasteiger partial charge in [-0.2, -0.15) is 0 Å². The van der Waals surface area contributed by atoms with Gasteiger partial charge in [-0.15, -0.1) is 0 Å². The Morgan fingerprint density at radius 1 is 0.540 bits per heavy atom. The minimum Gasteiger partial charge on any atom is -0.507 e. The summed E-state index contributed by atoms with van der Waals surface area (Å²) < 4.78 is 0. The van der Waals surface area contributed by atoms with Gasteiger partial charge in [0.25, 0.3) is 11.8 Å². The minimum absolute atomic E-state index is 0.0535. The molecule has 2 aromatic rings. The fraction of sp³-hybridized carbons (Fsp3) is 0.600. The summed E-state index contributed by atoms with van der Waals surface area (Å²) in [5.74, 6) is -2.29. The fourth-order valence-electron chi connectivity index (χ4n) is 6.06. The van der Waals surface area contributed by atoms with Gasteiger partial charge in [-0.3, -0.25) is 40.9 Å². The Hall–Kier alpha value is -4.08. The third-order valence-electron chi connectivity index (χ3n) is 9.18. The molecule has 2 aromatic carbocycles. The van der Waals surface area contributed by atoms with Crippen molar-refractivity contribution in [3.63, 3.8) is 0 Å². The number of aryl methyl sites for hydroxylation is 2. The number of para-hydroxylation sites is 2.